The molecule has 5 aromatic carbocycles. The van der Waals surface area contributed by atoms with Crippen LogP contribution in [-0.4, -0.2) is 104 Å². The molecule has 2 aliphatic heterocycles. The van der Waals surface area contributed by atoms with Crippen molar-refractivity contribution in [1.82, 2.24) is 25.2 Å². The van der Waals surface area contributed by atoms with Crippen molar-refractivity contribution in [2.75, 3.05) is 36.6 Å². The van der Waals surface area contributed by atoms with Crippen molar-refractivity contribution >= 4 is 75.5 Å². The molecule has 4 heterocycles. The number of amidine groups is 3. The van der Waals surface area contributed by atoms with Gasteiger partial charge in [-0.15, -0.1) is 42.0 Å². The van der Waals surface area contributed by atoms with Crippen molar-refractivity contribution < 1.29 is 45.1 Å². The molecule has 2 aliphatic rings. The Morgan fingerprint density at radius 1 is 0.846 bits per heavy atom. The second-order valence-electron chi connectivity index (χ2n) is 17.4. The zero-order valence-electron chi connectivity index (χ0n) is 41.6. The van der Waals surface area contributed by atoms with Crippen LogP contribution in [0.25, 0.3) is 17.1 Å². The maximum atomic E-state index is 12.6. The Labute approximate surface area is 452 Å². The summed E-state index contributed by atoms with van der Waals surface area (Å²) in [7, 11) is 1.67. The summed E-state index contributed by atoms with van der Waals surface area (Å²) in [4.78, 5) is 19.4. The van der Waals surface area contributed by atoms with Crippen LogP contribution in [0.4, 0.5) is 43.4 Å². The number of anilines is 1. The fraction of sp³-hybridized carbons (Fsp3) is 0.204. The smallest absolute Gasteiger partial charge is 0.492 e. The average Bonchev–Trinajstić information content (AvgIpc) is 3.96. The van der Waals surface area contributed by atoms with Crippen molar-refractivity contribution in [3.8, 4) is 34.3 Å². The van der Waals surface area contributed by atoms with Gasteiger partial charge >= 0.3 is 17.9 Å². The first-order chi connectivity index (χ1) is 37.6. The van der Waals surface area contributed by atoms with Crippen LogP contribution in [0.2, 0.25) is 0 Å². The first-order valence-corrected chi connectivity index (χ1v) is 26.0. The lowest BCUT2D eigenvalue weighted by Gasteiger charge is -2.34. The third-order valence-corrected chi connectivity index (χ3v) is 14.1. The predicted octanol–water partition coefficient (Wildman–Crippen LogP) is 11.1. The number of thioether (sulfide) groups is 2. The van der Waals surface area contributed by atoms with Gasteiger partial charge in [-0.2, -0.15) is 5.10 Å². The number of ether oxygens (including phenoxy) is 3. The minimum Gasteiger partial charge on any atom is -0.492 e. The number of alkyl halides is 6. The number of halogens is 6. The Bertz CT molecular complexity index is 3390. The van der Waals surface area contributed by atoms with Gasteiger partial charge in [-0.25, -0.2) is 24.2 Å². The molecule has 0 amide bonds. The van der Waals surface area contributed by atoms with Crippen LogP contribution in [-0.2, 0) is 6.42 Å². The lowest BCUT2D eigenvalue weighted by Crippen LogP contribution is -2.40. The van der Waals surface area contributed by atoms with E-state index in [2.05, 4.69) is 71.8 Å². The van der Waals surface area contributed by atoms with Crippen LogP contribution < -0.4 is 30.3 Å². The summed E-state index contributed by atoms with van der Waals surface area (Å²) in [6, 6.07) is 35.5. The predicted molar refractivity (Wildman–Crippen MR) is 294 cm³/mol. The van der Waals surface area contributed by atoms with E-state index in [-0.39, 0.29) is 23.3 Å². The Hall–Kier alpha value is -8.51. The maximum absolute atomic E-state index is 12.6. The minimum absolute atomic E-state index is 0.199. The van der Waals surface area contributed by atoms with Gasteiger partial charge in [0.05, 0.1) is 48.8 Å². The summed E-state index contributed by atoms with van der Waals surface area (Å²) in [5.74, 6) is 2.66. The molecule has 9 rings (SSSR count). The number of benzene rings is 5. The van der Waals surface area contributed by atoms with Crippen LogP contribution in [0.1, 0.15) is 34.4 Å². The van der Waals surface area contributed by atoms with Crippen LogP contribution >= 0.6 is 23.5 Å². The molecule has 2 aromatic heterocycles. The van der Waals surface area contributed by atoms with E-state index in [4.69, 9.17) is 15.6 Å². The molecule has 24 heteroatoms. The number of pyridine rings is 1. The molecular weight excluding hydrogens is 1060 g/mol. The highest BCUT2D eigenvalue weighted by Gasteiger charge is 2.33. The maximum Gasteiger partial charge on any atom is 0.573 e. The topological polar surface area (TPSA) is 177 Å². The number of aromatic nitrogens is 4. The van der Waals surface area contributed by atoms with E-state index in [1.54, 1.807) is 61.4 Å². The standard InChI is InChI=1S/C54H47F6N13O3S2/c1-35-46(5-3-24-62-35)72-31-39(32-78-52(72)69-67-30-37-8-13-41(14-9-37)50-65-34-73(70-50)43-17-21-45(22-18-43)76-54(58,59)60)27-38-10-23-48(74-2)47(28-38)71-25-4-26-77-51(71)68-66-29-36-6-11-40(12-7-36)49(61)64-33-63-42-15-19-44(20-16-42)75-53(55,56)57/h3,5-24,28-30,33-34,39H,4,25-27,31-32H2,1-2H3,(H2,61,63,64)/p+1/b66-29+,67-30+,69-52-. The highest BCUT2D eigenvalue weighted by molar-refractivity contribution is 8.14. The zero-order valence-corrected chi connectivity index (χ0v) is 43.3. The van der Waals surface area contributed by atoms with E-state index in [9.17, 15) is 26.3 Å². The number of hydrogen-bond donors (Lipinski definition) is 2. The van der Waals surface area contributed by atoms with Crippen LogP contribution in [0.3, 0.4) is 0 Å². The van der Waals surface area contributed by atoms with Crippen molar-refractivity contribution in [2.45, 2.75) is 32.5 Å². The zero-order chi connectivity index (χ0) is 54.7. The van der Waals surface area contributed by atoms with Gasteiger partial charge in [0, 0.05) is 35.4 Å². The van der Waals surface area contributed by atoms with Gasteiger partial charge in [-0.1, -0.05) is 71.5 Å². The van der Waals surface area contributed by atoms with E-state index < -0.39 is 12.7 Å². The number of nitrogens with zero attached hydrogens (tertiary/aromatic N) is 11. The van der Waals surface area contributed by atoms with Gasteiger partial charge in [0.2, 0.25) is 0 Å². The third-order valence-electron chi connectivity index (χ3n) is 11.9. The van der Waals surface area contributed by atoms with Crippen LogP contribution in [0.15, 0.2) is 165 Å². The second-order valence-corrected chi connectivity index (χ2v) is 19.4. The normalized spacial score (nSPS) is 16.2. The Morgan fingerprint density at radius 2 is 1.55 bits per heavy atom. The third kappa shape index (κ3) is 14.7. The van der Waals surface area contributed by atoms with Gasteiger partial charge in [0.1, 0.15) is 30.0 Å². The molecule has 3 N–H and O–H groups in total. The molecule has 0 bridgehead atoms. The second kappa shape index (κ2) is 24.7. The average molecular weight is 1110 g/mol. The summed E-state index contributed by atoms with van der Waals surface area (Å²) in [5, 5.41) is 19.9. The van der Waals surface area contributed by atoms with Crippen molar-refractivity contribution in [3.63, 3.8) is 0 Å². The van der Waals surface area contributed by atoms with Gasteiger partial charge in [0.15, 0.2) is 22.4 Å². The molecule has 0 radical (unpaired) electrons. The Balaban J connectivity index is 0.835. The lowest BCUT2D eigenvalue weighted by atomic mass is 9.99. The molecule has 0 spiro atoms. The SMILES string of the molecule is COc1ccc(CC2CS/C(=N\N=C\c3ccc(-c4ncn(-c5ccc(OC(F)(F)F)cc5)n4)cc3)N(c3cccnc3C)C2)cc1[N+]1=C(N/N=C/c2ccc(C(N)=NC=Nc3ccc(OC(F)(F)F)cc3)cc2)SCCC1. The molecule has 1 saturated heterocycles. The number of hydrazone groups is 1. The highest BCUT2D eigenvalue weighted by Crippen LogP contribution is 2.35. The minimum atomic E-state index is -4.78. The number of rotatable bonds is 16. The molecule has 16 nitrogen and oxygen atoms in total. The Morgan fingerprint density at radius 3 is 2.26 bits per heavy atom. The number of aliphatic imine (C=N–C) groups is 2. The quantitative estimate of drug-likeness (QED) is 0.0309. The number of aryl methyl sites for hydroxylation is 1. The molecule has 400 valence electrons. The summed E-state index contributed by atoms with van der Waals surface area (Å²) in [5.41, 5.74) is 17.2. The summed E-state index contributed by atoms with van der Waals surface area (Å²) in [6.45, 7) is 3.42. The molecule has 1 fully saturated rings. The molecule has 0 saturated carbocycles. The van der Waals surface area contributed by atoms with Crippen molar-refractivity contribution in [2.24, 2.45) is 36.9 Å². The van der Waals surface area contributed by atoms with E-state index in [1.807, 2.05) is 61.5 Å². The van der Waals surface area contributed by atoms with Crippen LogP contribution in [0.5, 0.6) is 17.2 Å². The van der Waals surface area contributed by atoms with E-state index >= 15 is 0 Å². The largest absolute Gasteiger partial charge is 0.573 e. The molecule has 1 unspecified atom stereocenters. The van der Waals surface area contributed by atoms with Gasteiger partial charge < -0.3 is 24.8 Å². The molecule has 1 atom stereocenters. The number of nitrogens with two attached hydrogens (primary N) is 1. The van der Waals surface area contributed by atoms with Crippen molar-refractivity contribution in [3.05, 3.63) is 168 Å². The van der Waals surface area contributed by atoms with E-state index in [1.165, 1.54) is 53.7 Å². The molecule has 78 heavy (non-hydrogen) atoms. The van der Waals surface area contributed by atoms with E-state index in [0.717, 1.165) is 98.4 Å². The van der Waals surface area contributed by atoms with Crippen LogP contribution in [0, 0.1) is 12.8 Å². The summed E-state index contributed by atoms with van der Waals surface area (Å²) >= 11 is 3.31. The van der Waals surface area contributed by atoms with E-state index in [0.29, 0.717) is 29.3 Å². The first-order valence-electron chi connectivity index (χ1n) is 24.0. The molecular formula is C54H48F6N13O3S2+. The highest BCUT2D eigenvalue weighted by atomic mass is 32.2. The molecule has 7 aromatic rings. The van der Waals surface area contributed by atoms with Crippen molar-refractivity contribution in [1.29, 1.82) is 0 Å². The number of methoxy groups -OCH3 is 1. The number of nitrogens with one attached hydrogen (secondary N) is 1. The monoisotopic (exact) mass is 1100 g/mol. The lowest BCUT2D eigenvalue weighted by molar-refractivity contribution is -0.441. The van der Waals surface area contributed by atoms with Gasteiger partial charge in [-0.05, 0) is 127 Å². The molecule has 0 aliphatic carbocycles. The van der Waals surface area contributed by atoms with Gasteiger partial charge in [-0.3, -0.25) is 4.98 Å². The summed E-state index contributed by atoms with van der Waals surface area (Å²) in [6.07, 6.45) is 0.0690. The number of hydrogen-bond acceptors (Lipinski definition) is 13. The Kier molecular flexibility index (Phi) is 17.2. The first kappa shape index (κ1) is 54.3. The van der Waals surface area contributed by atoms with Gasteiger partial charge in [0.25, 0.3) is 0 Å². The fourth-order valence-electron chi connectivity index (χ4n) is 8.18. The summed E-state index contributed by atoms with van der Waals surface area (Å²) < 4.78 is 92.6. The fourth-order valence-corrected chi connectivity index (χ4v) is 10.2.